The van der Waals surface area contributed by atoms with Gasteiger partial charge in [0.25, 0.3) is 5.91 Å². The number of benzene rings is 1. The minimum Gasteiger partial charge on any atom is -0.481 e. The van der Waals surface area contributed by atoms with Crippen LogP contribution in [0.4, 0.5) is 4.39 Å². The fourth-order valence-electron chi connectivity index (χ4n) is 2.05. The van der Waals surface area contributed by atoms with Gasteiger partial charge in [0, 0.05) is 12.1 Å². The summed E-state index contributed by atoms with van der Waals surface area (Å²) in [5.41, 5.74) is 0. The third kappa shape index (κ3) is 3.46. The lowest BCUT2D eigenvalue weighted by molar-refractivity contribution is -0.146. The van der Waals surface area contributed by atoms with Crippen molar-refractivity contribution in [2.45, 2.75) is 31.9 Å². The molecule has 1 aromatic rings. The standard InChI is InChI=1S/C14H16FNO4/c1-8(20-12-4-2-3-10(15)7-12)13(17)16-11-5-9(6-11)14(18)19/h2-4,7-9,11H,5-6H2,1H3,(H,16,17)(H,18,19). The van der Waals surface area contributed by atoms with Crippen LogP contribution < -0.4 is 10.1 Å². The average Bonchev–Trinajstić information content (AvgIpc) is 2.32. The Kier molecular flexibility index (Phi) is 4.22. The van der Waals surface area contributed by atoms with Crippen LogP contribution in [-0.4, -0.2) is 29.1 Å². The van der Waals surface area contributed by atoms with Gasteiger partial charge >= 0.3 is 5.97 Å². The predicted molar refractivity (Wildman–Crippen MR) is 68.8 cm³/mol. The van der Waals surface area contributed by atoms with Crippen LogP contribution in [0.5, 0.6) is 5.75 Å². The molecule has 6 heteroatoms. The van der Waals surface area contributed by atoms with Crippen molar-refractivity contribution in [3.63, 3.8) is 0 Å². The van der Waals surface area contributed by atoms with Gasteiger partial charge in [-0.05, 0) is 31.9 Å². The first kappa shape index (κ1) is 14.3. The molecule has 0 aromatic heterocycles. The zero-order valence-electron chi connectivity index (χ0n) is 11.0. The van der Waals surface area contributed by atoms with E-state index in [4.69, 9.17) is 9.84 Å². The quantitative estimate of drug-likeness (QED) is 0.859. The number of nitrogens with one attached hydrogen (secondary N) is 1. The van der Waals surface area contributed by atoms with E-state index in [1.54, 1.807) is 13.0 Å². The Balaban J connectivity index is 1.80. The average molecular weight is 281 g/mol. The van der Waals surface area contributed by atoms with Crippen molar-refractivity contribution < 1.29 is 23.8 Å². The van der Waals surface area contributed by atoms with Gasteiger partial charge in [0.2, 0.25) is 0 Å². The van der Waals surface area contributed by atoms with Crippen molar-refractivity contribution in [2.24, 2.45) is 5.92 Å². The molecule has 1 saturated carbocycles. The maximum atomic E-state index is 13.0. The highest BCUT2D eigenvalue weighted by Gasteiger charge is 2.36. The zero-order chi connectivity index (χ0) is 14.7. The molecule has 2 rings (SSSR count). The molecule has 2 N–H and O–H groups in total. The lowest BCUT2D eigenvalue weighted by Crippen LogP contribution is -2.50. The summed E-state index contributed by atoms with van der Waals surface area (Å²) in [6.07, 6.45) is 0.113. The molecule has 1 amide bonds. The Bertz CT molecular complexity index is 514. The van der Waals surface area contributed by atoms with Crippen LogP contribution in [0.25, 0.3) is 0 Å². The van der Waals surface area contributed by atoms with Crippen LogP contribution in [0.2, 0.25) is 0 Å². The highest BCUT2D eigenvalue weighted by Crippen LogP contribution is 2.27. The summed E-state index contributed by atoms with van der Waals surface area (Å²) in [6, 6.07) is 5.43. The normalized spacial score (nSPS) is 22.5. The van der Waals surface area contributed by atoms with Crippen molar-refractivity contribution in [1.82, 2.24) is 5.32 Å². The van der Waals surface area contributed by atoms with E-state index in [0.717, 1.165) is 0 Å². The van der Waals surface area contributed by atoms with E-state index in [1.165, 1.54) is 18.2 Å². The Hall–Kier alpha value is -2.11. The van der Waals surface area contributed by atoms with Gasteiger partial charge in [-0.1, -0.05) is 6.07 Å². The summed E-state index contributed by atoms with van der Waals surface area (Å²) in [6.45, 7) is 1.56. The zero-order valence-corrected chi connectivity index (χ0v) is 11.0. The molecule has 0 aliphatic heterocycles. The summed E-state index contributed by atoms with van der Waals surface area (Å²) in [4.78, 5) is 22.5. The third-order valence-corrected chi connectivity index (χ3v) is 3.31. The Morgan fingerprint density at radius 2 is 2.15 bits per heavy atom. The summed E-state index contributed by atoms with van der Waals surface area (Å²) < 4.78 is 18.3. The third-order valence-electron chi connectivity index (χ3n) is 3.31. The first-order valence-electron chi connectivity index (χ1n) is 6.41. The number of halogens is 1. The Morgan fingerprint density at radius 3 is 2.75 bits per heavy atom. The number of ether oxygens (including phenoxy) is 1. The second-order valence-corrected chi connectivity index (χ2v) is 4.93. The van der Waals surface area contributed by atoms with Gasteiger partial charge in [0.1, 0.15) is 11.6 Å². The molecule has 0 heterocycles. The van der Waals surface area contributed by atoms with Gasteiger partial charge in [-0.3, -0.25) is 9.59 Å². The number of amides is 1. The van der Waals surface area contributed by atoms with E-state index in [2.05, 4.69) is 5.32 Å². The largest absolute Gasteiger partial charge is 0.481 e. The molecular formula is C14H16FNO4. The molecular weight excluding hydrogens is 265 g/mol. The van der Waals surface area contributed by atoms with Crippen molar-refractivity contribution in [3.8, 4) is 5.75 Å². The minimum absolute atomic E-state index is 0.123. The molecule has 1 aromatic carbocycles. The molecule has 0 bridgehead atoms. The van der Waals surface area contributed by atoms with Gasteiger partial charge in [0.15, 0.2) is 6.10 Å². The number of hydrogen-bond donors (Lipinski definition) is 2. The van der Waals surface area contributed by atoms with Crippen LogP contribution in [0, 0.1) is 11.7 Å². The first-order valence-corrected chi connectivity index (χ1v) is 6.41. The molecule has 0 spiro atoms. The molecule has 1 atom stereocenters. The van der Waals surface area contributed by atoms with Gasteiger partial charge < -0.3 is 15.2 Å². The minimum atomic E-state index is -0.834. The predicted octanol–water partition coefficient (Wildman–Crippen LogP) is 1.57. The monoisotopic (exact) mass is 281 g/mol. The van der Waals surface area contributed by atoms with Gasteiger partial charge in [-0.15, -0.1) is 0 Å². The van der Waals surface area contributed by atoms with Crippen molar-refractivity contribution in [3.05, 3.63) is 30.1 Å². The lowest BCUT2D eigenvalue weighted by atomic mass is 9.80. The first-order chi connectivity index (χ1) is 9.45. The van der Waals surface area contributed by atoms with E-state index in [-0.39, 0.29) is 23.6 Å². The fourth-order valence-corrected chi connectivity index (χ4v) is 2.05. The molecule has 1 aliphatic carbocycles. The second kappa shape index (κ2) is 5.90. The molecule has 1 fully saturated rings. The maximum Gasteiger partial charge on any atom is 0.306 e. The van der Waals surface area contributed by atoms with Gasteiger partial charge in [0.05, 0.1) is 5.92 Å². The molecule has 1 aliphatic rings. The number of carbonyl (C=O) groups is 2. The number of rotatable bonds is 5. The van der Waals surface area contributed by atoms with Crippen LogP contribution >= 0.6 is 0 Å². The van der Waals surface area contributed by atoms with Crippen LogP contribution in [-0.2, 0) is 9.59 Å². The van der Waals surface area contributed by atoms with Crippen LogP contribution in [0.15, 0.2) is 24.3 Å². The topological polar surface area (TPSA) is 75.6 Å². The smallest absolute Gasteiger partial charge is 0.306 e. The van der Waals surface area contributed by atoms with Crippen LogP contribution in [0.1, 0.15) is 19.8 Å². The van der Waals surface area contributed by atoms with E-state index in [9.17, 15) is 14.0 Å². The summed E-state index contributed by atoms with van der Waals surface area (Å²) in [5, 5.41) is 11.5. The van der Waals surface area contributed by atoms with Crippen molar-refractivity contribution in [2.75, 3.05) is 0 Å². The van der Waals surface area contributed by atoms with E-state index in [0.29, 0.717) is 12.8 Å². The Morgan fingerprint density at radius 1 is 1.45 bits per heavy atom. The van der Waals surface area contributed by atoms with Crippen molar-refractivity contribution in [1.29, 1.82) is 0 Å². The van der Waals surface area contributed by atoms with Crippen molar-refractivity contribution >= 4 is 11.9 Å². The molecule has 1 unspecified atom stereocenters. The lowest BCUT2D eigenvalue weighted by Gasteiger charge is -2.33. The van der Waals surface area contributed by atoms with Crippen LogP contribution in [0.3, 0.4) is 0 Å². The van der Waals surface area contributed by atoms with E-state index >= 15 is 0 Å². The number of carbonyl (C=O) groups excluding carboxylic acids is 1. The highest BCUT2D eigenvalue weighted by molar-refractivity contribution is 5.81. The molecule has 5 nitrogen and oxygen atoms in total. The number of hydrogen-bond acceptors (Lipinski definition) is 3. The van der Waals surface area contributed by atoms with Gasteiger partial charge in [-0.2, -0.15) is 0 Å². The SMILES string of the molecule is CC(Oc1cccc(F)c1)C(=O)NC1CC(C(=O)O)C1. The molecule has 0 radical (unpaired) electrons. The van der Waals surface area contributed by atoms with E-state index in [1.807, 2.05) is 0 Å². The second-order valence-electron chi connectivity index (χ2n) is 4.93. The number of carboxylic acid groups (broad SMARTS) is 1. The molecule has 108 valence electrons. The number of aliphatic carboxylic acids is 1. The summed E-state index contributed by atoms with van der Waals surface area (Å²) in [7, 11) is 0. The maximum absolute atomic E-state index is 13.0. The highest BCUT2D eigenvalue weighted by atomic mass is 19.1. The Labute approximate surface area is 115 Å². The molecule has 20 heavy (non-hydrogen) atoms. The van der Waals surface area contributed by atoms with E-state index < -0.39 is 17.9 Å². The summed E-state index contributed by atoms with van der Waals surface area (Å²) >= 11 is 0. The number of carboxylic acids is 1. The van der Waals surface area contributed by atoms with Gasteiger partial charge in [-0.25, -0.2) is 4.39 Å². The molecule has 0 saturated heterocycles. The summed E-state index contributed by atoms with van der Waals surface area (Å²) in [5.74, 6) is -1.69. The fraction of sp³-hybridized carbons (Fsp3) is 0.429.